The van der Waals surface area contributed by atoms with Crippen molar-refractivity contribution in [3.8, 4) is 0 Å². The van der Waals surface area contributed by atoms with E-state index in [2.05, 4.69) is 41.5 Å². The Morgan fingerprint density at radius 2 is 1.00 bits per heavy atom. The van der Waals surface area contributed by atoms with E-state index < -0.39 is 13.3 Å². The van der Waals surface area contributed by atoms with Gasteiger partial charge in [0.2, 0.25) is 0 Å². The van der Waals surface area contributed by atoms with E-state index in [4.69, 9.17) is 13.8 Å². The van der Waals surface area contributed by atoms with Crippen molar-refractivity contribution in [1.29, 1.82) is 0 Å². The second-order valence-electron chi connectivity index (χ2n) is 8.92. The van der Waals surface area contributed by atoms with E-state index in [0.29, 0.717) is 5.92 Å². The molecule has 3 atom stereocenters. The predicted octanol–water partition coefficient (Wildman–Crippen LogP) is 9.00. The molecule has 0 bridgehead atoms. The lowest BCUT2D eigenvalue weighted by molar-refractivity contribution is 0.114. The molecule has 5 nitrogen and oxygen atoms in total. The predicted molar refractivity (Wildman–Crippen MR) is 131 cm³/mol. The van der Waals surface area contributed by atoms with E-state index in [1.807, 2.05) is 0 Å². The maximum Gasteiger partial charge on any atom is 0.438 e. The first-order chi connectivity index (χ1) is 14.9. The molecule has 0 aromatic rings. The molecule has 0 fully saturated rings. The Kier molecular flexibility index (Phi) is 18.9. The van der Waals surface area contributed by atoms with Gasteiger partial charge in [-0.2, -0.15) is 0 Å². The van der Waals surface area contributed by atoms with Crippen molar-refractivity contribution in [2.45, 2.75) is 119 Å². The van der Waals surface area contributed by atoms with Crippen molar-refractivity contribution < 1.29 is 23.1 Å². The molecule has 0 rings (SSSR count). The summed E-state index contributed by atoms with van der Waals surface area (Å²) in [5.74, 6) is 0.845. The van der Waals surface area contributed by atoms with Crippen LogP contribution in [0.2, 0.25) is 0 Å². The van der Waals surface area contributed by atoms with E-state index in [1.54, 1.807) is 0 Å². The molecule has 186 valence electrons. The van der Waals surface area contributed by atoms with Crippen LogP contribution in [0.1, 0.15) is 119 Å². The fraction of sp³-hybridized carbons (Fsp3) is 0.960. The number of unbranched alkanes of at least 4 members (excludes halogenated alkanes) is 3. The summed E-state index contributed by atoms with van der Waals surface area (Å²) in [6.07, 6.45) is 12.4. The summed E-state index contributed by atoms with van der Waals surface area (Å²) in [4.78, 5) is 12.9. The molecule has 3 unspecified atom stereocenters. The third kappa shape index (κ3) is 13.7. The van der Waals surface area contributed by atoms with Gasteiger partial charge in [0.05, 0.1) is 19.8 Å². The Bertz CT molecular complexity index is 459. The molecule has 6 heteroatoms. The first kappa shape index (κ1) is 30.6. The Hall–Kier alpha value is -0.380. The molecule has 0 radical (unpaired) electrons. The number of hydrogen-bond donors (Lipinski definition) is 0. The molecular weight excluding hydrogens is 411 g/mol. The van der Waals surface area contributed by atoms with Gasteiger partial charge >= 0.3 is 13.3 Å². The van der Waals surface area contributed by atoms with Crippen molar-refractivity contribution in [3.05, 3.63) is 0 Å². The summed E-state index contributed by atoms with van der Waals surface area (Å²) < 4.78 is 30.5. The molecule has 0 aromatic heterocycles. The Morgan fingerprint density at radius 3 is 1.32 bits per heavy atom. The number of carbonyl (C=O) groups is 1. The Balaban J connectivity index is 5.11. The second kappa shape index (κ2) is 19.1. The van der Waals surface area contributed by atoms with Crippen molar-refractivity contribution in [2.75, 3.05) is 19.8 Å². The van der Waals surface area contributed by atoms with E-state index in [-0.39, 0.29) is 31.7 Å². The van der Waals surface area contributed by atoms with Crippen LogP contribution in [0.15, 0.2) is 0 Å². The number of carbonyl (C=O) groups excluding carboxylic acids is 1. The van der Waals surface area contributed by atoms with Crippen molar-refractivity contribution in [3.63, 3.8) is 0 Å². The fourth-order valence-electron chi connectivity index (χ4n) is 3.51. The highest BCUT2D eigenvalue weighted by atomic mass is 31.2. The first-order valence-corrected chi connectivity index (χ1v) is 14.5. The number of hydrogen-bond acceptors (Lipinski definition) is 5. The van der Waals surface area contributed by atoms with Gasteiger partial charge in [0.1, 0.15) is 0 Å². The largest absolute Gasteiger partial charge is 0.456 e. The molecule has 0 saturated carbocycles. The summed E-state index contributed by atoms with van der Waals surface area (Å²) >= 11 is 0. The van der Waals surface area contributed by atoms with Crippen LogP contribution in [-0.4, -0.2) is 25.5 Å². The normalized spacial score (nSPS) is 16.5. The van der Waals surface area contributed by atoms with Crippen molar-refractivity contribution in [1.82, 2.24) is 0 Å². The van der Waals surface area contributed by atoms with Crippen LogP contribution in [0, 0.1) is 17.8 Å². The van der Waals surface area contributed by atoms with Crippen LogP contribution in [0.25, 0.3) is 0 Å². The Morgan fingerprint density at radius 1 is 0.645 bits per heavy atom. The molecule has 31 heavy (non-hydrogen) atoms. The lowest BCUT2D eigenvalue weighted by Gasteiger charge is -2.23. The average Bonchev–Trinajstić information content (AvgIpc) is 2.79. The molecule has 0 heterocycles. The van der Waals surface area contributed by atoms with Crippen LogP contribution in [-0.2, 0) is 18.3 Å². The monoisotopic (exact) mass is 462 g/mol. The quantitative estimate of drug-likeness (QED) is 0.159. The van der Waals surface area contributed by atoms with Gasteiger partial charge < -0.3 is 13.8 Å². The SMILES string of the molecule is CCCCC(CC)COC(=O)P(=O)(OCC(CC)CCCC)OCC(CC)CCCC. The summed E-state index contributed by atoms with van der Waals surface area (Å²) in [6, 6.07) is 0. The van der Waals surface area contributed by atoms with Gasteiger partial charge in [0.25, 0.3) is 0 Å². The van der Waals surface area contributed by atoms with Gasteiger partial charge in [-0.25, -0.2) is 9.36 Å². The molecule has 0 amide bonds. The smallest absolute Gasteiger partial charge is 0.438 e. The molecule has 0 aliphatic rings. The minimum absolute atomic E-state index is 0.277. The third-order valence-electron chi connectivity index (χ3n) is 6.26. The number of ether oxygens (including phenoxy) is 1. The number of rotatable bonds is 21. The van der Waals surface area contributed by atoms with Gasteiger partial charge in [0.15, 0.2) is 0 Å². The third-order valence-corrected chi connectivity index (χ3v) is 7.81. The molecule has 0 aliphatic heterocycles. The first-order valence-electron chi connectivity index (χ1n) is 13.0. The molecular formula is C25H51O5P. The van der Waals surface area contributed by atoms with Gasteiger partial charge in [-0.1, -0.05) is 99.3 Å². The van der Waals surface area contributed by atoms with Gasteiger partial charge in [-0.15, -0.1) is 0 Å². The summed E-state index contributed by atoms with van der Waals surface area (Å²) in [5, 5.41) is 0. The zero-order valence-electron chi connectivity index (χ0n) is 21.3. The van der Waals surface area contributed by atoms with Gasteiger partial charge in [-0.05, 0) is 37.0 Å². The highest BCUT2D eigenvalue weighted by Crippen LogP contribution is 2.51. The molecule has 0 spiro atoms. The lowest BCUT2D eigenvalue weighted by Crippen LogP contribution is -2.19. The van der Waals surface area contributed by atoms with Crippen LogP contribution < -0.4 is 0 Å². The standard InChI is InChI=1S/C25H51O5P/c1-7-13-16-22(10-4)19-28-25(26)31(27,29-20-23(11-5)17-14-8-2)30-21-24(12-6)18-15-9-3/h22-24H,7-21H2,1-6H3. The van der Waals surface area contributed by atoms with E-state index >= 15 is 0 Å². The topological polar surface area (TPSA) is 61.8 Å². The zero-order chi connectivity index (χ0) is 23.5. The van der Waals surface area contributed by atoms with E-state index in [0.717, 1.165) is 77.0 Å². The molecule has 0 aliphatic carbocycles. The van der Waals surface area contributed by atoms with Crippen LogP contribution in [0.5, 0.6) is 0 Å². The van der Waals surface area contributed by atoms with E-state index in [9.17, 15) is 9.36 Å². The summed E-state index contributed by atoms with van der Waals surface area (Å²) in [5.41, 5.74) is -0.807. The minimum Gasteiger partial charge on any atom is -0.456 e. The van der Waals surface area contributed by atoms with E-state index in [1.165, 1.54) is 0 Å². The summed E-state index contributed by atoms with van der Waals surface area (Å²) in [6.45, 7) is 13.6. The maximum absolute atomic E-state index is 13.5. The fourth-order valence-corrected chi connectivity index (χ4v) is 4.84. The second-order valence-corrected chi connectivity index (χ2v) is 10.8. The van der Waals surface area contributed by atoms with Gasteiger partial charge in [0, 0.05) is 0 Å². The van der Waals surface area contributed by atoms with Crippen LogP contribution in [0.3, 0.4) is 0 Å². The highest BCUT2D eigenvalue weighted by Gasteiger charge is 2.38. The molecule has 0 N–H and O–H groups in total. The zero-order valence-corrected chi connectivity index (χ0v) is 22.2. The Labute approximate surface area is 192 Å². The van der Waals surface area contributed by atoms with Crippen LogP contribution in [0.4, 0.5) is 4.79 Å². The highest BCUT2D eigenvalue weighted by molar-refractivity contribution is 7.71. The molecule has 0 aromatic carbocycles. The lowest BCUT2D eigenvalue weighted by atomic mass is 10.0. The summed E-state index contributed by atoms with van der Waals surface area (Å²) in [7, 11) is -3.96. The van der Waals surface area contributed by atoms with Crippen LogP contribution >= 0.6 is 7.60 Å². The minimum atomic E-state index is -3.96. The van der Waals surface area contributed by atoms with Gasteiger partial charge in [-0.3, -0.25) is 0 Å². The average molecular weight is 463 g/mol. The molecule has 0 saturated heterocycles. The van der Waals surface area contributed by atoms with Crippen molar-refractivity contribution in [2.24, 2.45) is 17.8 Å². The van der Waals surface area contributed by atoms with Crippen molar-refractivity contribution >= 4 is 13.3 Å². The maximum atomic E-state index is 13.5.